The molecule has 0 aromatic carbocycles. The number of rotatable bonds is 5. The summed E-state index contributed by atoms with van der Waals surface area (Å²) in [7, 11) is 0. The number of carbonyl (C=O) groups is 2. The van der Waals surface area contributed by atoms with Gasteiger partial charge >= 0.3 is 6.03 Å². The number of carbonyl (C=O) groups excluding carboxylic acids is 2. The second-order valence-electron chi connectivity index (χ2n) is 8.26. The average molecular weight is 386 g/mol. The molecule has 7 nitrogen and oxygen atoms in total. The quantitative estimate of drug-likeness (QED) is 0.779. The van der Waals surface area contributed by atoms with Crippen molar-refractivity contribution in [2.75, 3.05) is 32.8 Å². The van der Waals surface area contributed by atoms with E-state index in [4.69, 9.17) is 4.74 Å². The van der Waals surface area contributed by atoms with Crippen LogP contribution in [0.4, 0.5) is 4.79 Å². The van der Waals surface area contributed by atoms with Crippen molar-refractivity contribution in [3.8, 4) is 0 Å². The molecule has 0 unspecified atom stereocenters. The number of ether oxygens (including phenoxy) is 1. The van der Waals surface area contributed by atoms with Crippen LogP contribution in [0.2, 0.25) is 0 Å². The molecule has 3 saturated heterocycles. The lowest BCUT2D eigenvalue weighted by Crippen LogP contribution is -2.56. The second kappa shape index (κ2) is 8.07. The zero-order valence-electron chi connectivity index (χ0n) is 16.7. The van der Waals surface area contributed by atoms with Crippen molar-refractivity contribution in [1.29, 1.82) is 0 Å². The van der Waals surface area contributed by atoms with E-state index in [1.54, 1.807) is 6.20 Å². The van der Waals surface area contributed by atoms with Gasteiger partial charge in [0.1, 0.15) is 0 Å². The summed E-state index contributed by atoms with van der Waals surface area (Å²) in [6.45, 7) is 6.12. The van der Waals surface area contributed by atoms with Crippen molar-refractivity contribution in [2.24, 2.45) is 0 Å². The highest BCUT2D eigenvalue weighted by Crippen LogP contribution is 2.38. The predicted octanol–water partition coefficient (Wildman–Crippen LogP) is 2.27. The van der Waals surface area contributed by atoms with Gasteiger partial charge in [-0.15, -0.1) is 0 Å². The zero-order chi connectivity index (χ0) is 19.6. The Balaban J connectivity index is 1.47. The molecular formula is C21H30N4O3. The average Bonchev–Trinajstić information content (AvgIpc) is 3.28. The molecule has 0 radical (unpaired) electrons. The van der Waals surface area contributed by atoms with E-state index in [1.165, 1.54) is 0 Å². The molecular weight excluding hydrogens is 356 g/mol. The van der Waals surface area contributed by atoms with Crippen molar-refractivity contribution >= 4 is 11.9 Å². The van der Waals surface area contributed by atoms with Crippen LogP contribution in [0.25, 0.3) is 0 Å². The normalized spacial score (nSPS) is 25.9. The lowest BCUT2D eigenvalue weighted by atomic mass is 9.92. The molecule has 7 heteroatoms. The number of amides is 3. The zero-order valence-corrected chi connectivity index (χ0v) is 16.7. The summed E-state index contributed by atoms with van der Waals surface area (Å²) < 4.78 is 5.74. The van der Waals surface area contributed by atoms with Gasteiger partial charge in [0.05, 0.1) is 12.1 Å². The van der Waals surface area contributed by atoms with Crippen LogP contribution in [-0.2, 0) is 16.1 Å². The van der Waals surface area contributed by atoms with Crippen molar-refractivity contribution in [1.82, 2.24) is 19.7 Å². The Morgan fingerprint density at radius 2 is 2.18 bits per heavy atom. The molecule has 3 aliphatic heterocycles. The van der Waals surface area contributed by atoms with E-state index in [0.29, 0.717) is 32.7 Å². The molecule has 3 aliphatic rings. The molecule has 3 fully saturated rings. The molecule has 1 spiro atoms. The maximum absolute atomic E-state index is 13.4. The minimum Gasteiger partial charge on any atom is -0.379 e. The molecule has 152 valence electrons. The van der Waals surface area contributed by atoms with E-state index in [2.05, 4.69) is 9.88 Å². The van der Waals surface area contributed by atoms with Gasteiger partial charge in [0.15, 0.2) is 0 Å². The van der Waals surface area contributed by atoms with Gasteiger partial charge in [0.2, 0.25) is 5.91 Å². The summed E-state index contributed by atoms with van der Waals surface area (Å²) in [4.78, 5) is 35.8. The third-order valence-electron chi connectivity index (χ3n) is 6.30. The molecule has 0 saturated carbocycles. The van der Waals surface area contributed by atoms with Crippen LogP contribution < -0.4 is 0 Å². The molecule has 1 aromatic rings. The van der Waals surface area contributed by atoms with Crippen molar-refractivity contribution in [2.45, 2.75) is 57.2 Å². The summed E-state index contributed by atoms with van der Waals surface area (Å²) in [5.41, 5.74) is 0.825. The minimum absolute atomic E-state index is 0.104. The van der Waals surface area contributed by atoms with Gasteiger partial charge in [0.25, 0.3) is 0 Å². The third-order valence-corrected chi connectivity index (χ3v) is 6.30. The van der Waals surface area contributed by atoms with Gasteiger partial charge in [-0.3, -0.25) is 9.78 Å². The first kappa shape index (κ1) is 19.2. The number of nitrogens with zero attached hydrogens (tertiary/aromatic N) is 4. The van der Waals surface area contributed by atoms with Crippen LogP contribution in [-0.4, -0.2) is 76.1 Å². The first-order valence-electron chi connectivity index (χ1n) is 10.5. The Hall–Kier alpha value is -2.15. The van der Waals surface area contributed by atoms with E-state index >= 15 is 0 Å². The number of hydrogen-bond acceptors (Lipinski definition) is 4. The number of likely N-dealkylation sites (tertiary alicyclic amines) is 1. The number of urea groups is 1. The van der Waals surface area contributed by atoms with E-state index < -0.39 is 0 Å². The first-order valence-corrected chi connectivity index (χ1v) is 10.5. The molecule has 1 atom stereocenters. The summed E-state index contributed by atoms with van der Waals surface area (Å²) in [6.07, 6.45) is 7.66. The molecule has 0 bridgehead atoms. The fourth-order valence-corrected chi connectivity index (χ4v) is 4.89. The van der Waals surface area contributed by atoms with Gasteiger partial charge in [-0.1, -0.05) is 13.0 Å². The molecule has 1 aromatic heterocycles. The number of aromatic nitrogens is 1. The Morgan fingerprint density at radius 3 is 2.82 bits per heavy atom. The molecule has 4 heterocycles. The van der Waals surface area contributed by atoms with E-state index in [0.717, 1.165) is 44.3 Å². The standard InChI is InChI=1S/C21H30N4O3/c1-2-4-19(26)23-10-6-18(7-11-23)25-20(27)24(14-17-5-3-9-22-13-17)15-21(25)8-12-28-16-21/h3,5,9,13,18H,2,4,6-8,10-12,14-16H2,1H3/t21-/m0/s1. The van der Waals surface area contributed by atoms with Crippen LogP contribution in [0, 0.1) is 0 Å². The van der Waals surface area contributed by atoms with Crippen LogP contribution in [0.5, 0.6) is 0 Å². The number of hydrogen-bond donors (Lipinski definition) is 0. The van der Waals surface area contributed by atoms with Crippen LogP contribution in [0.3, 0.4) is 0 Å². The SMILES string of the molecule is CCCC(=O)N1CCC(N2C(=O)N(Cc3cccnc3)C[C@]23CCOC3)CC1. The number of pyridine rings is 1. The first-order chi connectivity index (χ1) is 13.6. The summed E-state index contributed by atoms with van der Waals surface area (Å²) in [5.74, 6) is 0.241. The molecule has 0 N–H and O–H groups in total. The molecule has 28 heavy (non-hydrogen) atoms. The van der Waals surface area contributed by atoms with Gasteiger partial charge in [-0.2, -0.15) is 0 Å². The Labute approximate surface area is 166 Å². The van der Waals surface area contributed by atoms with E-state index in [9.17, 15) is 9.59 Å². The third kappa shape index (κ3) is 3.60. The largest absolute Gasteiger partial charge is 0.379 e. The van der Waals surface area contributed by atoms with E-state index in [-0.39, 0.29) is 23.5 Å². The highest BCUT2D eigenvalue weighted by atomic mass is 16.5. The molecule has 0 aliphatic carbocycles. The monoisotopic (exact) mass is 386 g/mol. The lowest BCUT2D eigenvalue weighted by molar-refractivity contribution is -0.132. The Morgan fingerprint density at radius 1 is 1.36 bits per heavy atom. The van der Waals surface area contributed by atoms with Gasteiger partial charge in [-0.25, -0.2) is 4.79 Å². The molecule has 4 rings (SSSR count). The number of piperidine rings is 1. The Bertz CT molecular complexity index is 697. The van der Waals surface area contributed by atoms with Gasteiger partial charge in [0, 0.05) is 57.6 Å². The highest BCUT2D eigenvalue weighted by Gasteiger charge is 2.54. The fourth-order valence-electron chi connectivity index (χ4n) is 4.89. The lowest BCUT2D eigenvalue weighted by Gasteiger charge is -2.42. The minimum atomic E-state index is -0.223. The maximum Gasteiger partial charge on any atom is 0.321 e. The Kier molecular flexibility index (Phi) is 5.53. The summed E-state index contributed by atoms with van der Waals surface area (Å²) in [6, 6.07) is 4.20. The fraction of sp³-hybridized carbons (Fsp3) is 0.667. The van der Waals surface area contributed by atoms with E-state index in [1.807, 2.05) is 35.1 Å². The highest BCUT2D eigenvalue weighted by molar-refractivity contribution is 5.79. The van der Waals surface area contributed by atoms with Gasteiger partial charge in [-0.05, 0) is 37.3 Å². The van der Waals surface area contributed by atoms with Crippen molar-refractivity contribution < 1.29 is 14.3 Å². The summed E-state index contributed by atoms with van der Waals surface area (Å²) in [5, 5.41) is 0. The molecule has 3 amide bonds. The second-order valence-corrected chi connectivity index (χ2v) is 8.26. The maximum atomic E-state index is 13.4. The van der Waals surface area contributed by atoms with Crippen LogP contribution in [0.1, 0.15) is 44.6 Å². The van der Waals surface area contributed by atoms with Gasteiger partial charge < -0.3 is 19.4 Å². The van der Waals surface area contributed by atoms with Crippen molar-refractivity contribution in [3.05, 3.63) is 30.1 Å². The van der Waals surface area contributed by atoms with Crippen LogP contribution >= 0.6 is 0 Å². The van der Waals surface area contributed by atoms with Crippen LogP contribution in [0.15, 0.2) is 24.5 Å². The smallest absolute Gasteiger partial charge is 0.321 e. The van der Waals surface area contributed by atoms with Crippen molar-refractivity contribution in [3.63, 3.8) is 0 Å². The summed E-state index contributed by atoms with van der Waals surface area (Å²) >= 11 is 0. The predicted molar refractivity (Wildman–Crippen MR) is 105 cm³/mol. The topological polar surface area (TPSA) is 66.0 Å².